The van der Waals surface area contributed by atoms with E-state index in [9.17, 15) is 71.2 Å². The molecule has 0 aromatic carbocycles. The molecule has 0 aromatic heterocycles. The molecule has 22 nitrogen and oxygen atoms in total. The molecule has 9 rings (SSSR count). The summed E-state index contributed by atoms with van der Waals surface area (Å²) >= 11 is 0. The summed E-state index contributed by atoms with van der Waals surface area (Å²) in [6.07, 6.45) is -24.0. The van der Waals surface area contributed by atoms with Crippen LogP contribution in [0.25, 0.3) is 0 Å². The number of hydrogen-bond acceptors (Lipinski definition) is 21. The van der Waals surface area contributed by atoms with Crippen LogP contribution >= 0.6 is 0 Å². The highest BCUT2D eigenvalue weighted by Gasteiger charge is 2.71. The number of rotatable bonds is 10. The molecule has 74 heavy (non-hydrogen) atoms. The van der Waals surface area contributed by atoms with E-state index in [2.05, 4.69) is 47.6 Å². The predicted molar refractivity (Wildman–Crippen MR) is 253 cm³/mol. The van der Waals surface area contributed by atoms with Crippen molar-refractivity contribution < 1.29 is 109 Å². The Morgan fingerprint density at radius 2 is 1.24 bits per heavy atom. The van der Waals surface area contributed by atoms with Gasteiger partial charge in [-0.2, -0.15) is 0 Å². The SMILES string of the molecule is CC1OC(OC2C(OC3C(OC4CCC5(C)C(CCC6(C)C5CC=C5C7CC(C)(CO)C(O)C(OC8OCC(O)C(O)C8O)C7(C)CCC56C)C4(C)C)OC(C(=O)O)C(O)C3O)OCC(O)C2O)C(O)C(O)C1O. The minimum atomic E-state index is -2.02. The highest BCUT2D eigenvalue weighted by atomic mass is 16.8. The van der Waals surface area contributed by atoms with Gasteiger partial charge < -0.3 is 104 Å². The van der Waals surface area contributed by atoms with Crippen LogP contribution in [0.3, 0.4) is 0 Å². The molecule has 5 aliphatic carbocycles. The van der Waals surface area contributed by atoms with Crippen LogP contribution in [-0.2, 0) is 42.7 Å². The number of aliphatic carboxylic acids is 1. The van der Waals surface area contributed by atoms with Crippen LogP contribution in [0.4, 0.5) is 0 Å². The summed E-state index contributed by atoms with van der Waals surface area (Å²) in [5.41, 5.74) is -1.76. The van der Waals surface area contributed by atoms with Crippen molar-refractivity contribution in [1.29, 1.82) is 0 Å². The van der Waals surface area contributed by atoms with Crippen LogP contribution in [0.15, 0.2) is 11.6 Å². The van der Waals surface area contributed by atoms with Gasteiger partial charge in [0.15, 0.2) is 31.3 Å². The molecule has 0 radical (unpaired) electrons. The molecule has 29 atom stereocenters. The Bertz CT molecular complexity index is 2060. The average Bonchev–Trinajstić information content (AvgIpc) is 3.34. The molecule has 0 spiro atoms. The Labute approximate surface area is 431 Å². The molecule has 0 amide bonds. The van der Waals surface area contributed by atoms with Crippen molar-refractivity contribution >= 4 is 5.97 Å². The van der Waals surface area contributed by atoms with Gasteiger partial charge in [0.05, 0.1) is 44.2 Å². The van der Waals surface area contributed by atoms with Crippen LogP contribution in [0.2, 0.25) is 0 Å². The molecular weight excluding hydrogens is 977 g/mol. The van der Waals surface area contributed by atoms with E-state index >= 15 is 0 Å². The summed E-state index contributed by atoms with van der Waals surface area (Å²) in [5.74, 6) is -1.45. The van der Waals surface area contributed by atoms with Gasteiger partial charge in [-0.1, -0.05) is 60.1 Å². The van der Waals surface area contributed by atoms with Crippen LogP contribution in [-0.4, -0.2) is 221 Å². The van der Waals surface area contributed by atoms with Gasteiger partial charge in [0.25, 0.3) is 0 Å². The van der Waals surface area contributed by atoms with Gasteiger partial charge in [-0.05, 0) is 97.7 Å². The number of aliphatic hydroxyl groups excluding tert-OH is 12. The minimum absolute atomic E-state index is 0.0540. The fourth-order valence-corrected chi connectivity index (χ4v) is 16.1. The van der Waals surface area contributed by atoms with Crippen molar-refractivity contribution in [2.24, 2.45) is 50.2 Å². The fourth-order valence-electron chi connectivity index (χ4n) is 16.1. The number of ether oxygens (including phenoxy) is 8. The first-order valence-corrected chi connectivity index (χ1v) is 26.7. The number of carboxylic acids is 1. The van der Waals surface area contributed by atoms with Crippen LogP contribution in [0, 0.1) is 50.2 Å². The maximum Gasteiger partial charge on any atom is 0.335 e. The first-order valence-electron chi connectivity index (χ1n) is 26.7. The Balaban J connectivity index is 0.966. The smallest absolute Gasteiger partial charge is 0.335 e. The zero-order valence-corrected chi connectivity index (χ0v) is 43.7. The van der Waals surface area contributed by atoms with Gasteiger partial charge in [0.2, 0.25) is 0 Å². The van der Waals surface area contributed by atoms with Crippen molar-refractivity contribution in [2.45, 2.75) is 236 Å². The van der Waals surface area contributed by atoms with Crippen LogP contribution < -0.4 is 0 Å². The number of hydrogen-bond donors (Lipinski definition) is 13. The van der Waals surface area contributed by atoms with E-state index in [4.69, 9.17) is 37.9 Å². The molecule has 4 aliphatic heterocycles. The largest absolute Gasteiger partial charge is 0.479 e. The molecule has 22 heteroatoms. The summed E-state index contributed by atoms with van der Waals surface area (Å²) in [4.78, 5) is 12.5. The normalized spacial score (nSPS) is 56.5. The van der Waals surface area contributed by atoms with E-state index in [1.807, 2.05) is 6.92 Å². The topological polar surface area (TPSA) is 354 Å². The van der Waals surface area contributed by atoms with Crippen molar-refractivity contribution in [2.75, 3.05) is 19.8 Å². The molecule has 4 saturated heterocycles. The Morgan fingerprint density at radius 3 is 1.91 bits per heavy atom. The second kappa shape index (κ2) is 20.2. The summed E-state index contributed by atoms with van der Waals surface area (Å²) < 4.78 is 48.5. The van der Waals surface area contributed by atoms with Crippen LogP contribution in [0.1, 0.15) is 107 Å². The van der Waals surface area contributed by atoms with E-state index in [1.165, 1.54) is 12.5 Å². The average molecular weight is 1060 g/mol. The summed E-state index contributed by atoms with van der Waals surface area (Å²) in [7, 11) is 0. The molecule has 424 valence electrons. The van der Waals surface area contributed by atoms with Crippen molar-refractivity contribution in [3.05, 3.63) is 11.6 Å². The third-order valence-corrected chi connectivity index (χ3v) is 21.1. The highest BCUT2D eigenvalue weighted by molar-refractivity contribution is 5.73. The molecular formula is C52H84O22. The van der Waals surface area contributed by atoms with E-state index in [0.717, 1.165) is 25.7 Å². The Hall–Kier alpha value is -1.59. The fraction of sp³-hybridized carbons (Fsp3) is 0.942. The van der Waals surface area contributed by atoms with Gasteiger partial charge in [-0.3, -0.25) is 0 Å². The lowest BCUT2D eigenvalue weighted by Crippen LogP contribution is -2.69. The van der Waals surface area contributed by atoms with E-state index in [1.54, 1.807) is 0 Å². The summed E-state index contributed by atoms with van der Waals surface area (Å²) in [6, 6.07) is 0. The number of carboxylic acid groups (broad SMARTS) is 1. The van der Waals surface area contributed by atoms with Gasteiger partial charge in [-0.15, -0.1) is 0 Å². The molecule has 4 heterocycles. The molecule has 29 unspecified atom stereocenters. The maximum absolute atomic E-state index is 12.5. The molecule has 8 fully saturated rings. The first kappa shape index (κ1) is 57.1. The predicted octanol–water partition coefficient (Wildman–Crippen LogP) is -1.22. The second-order valence-corrected chi connectivity index (χ2v) is 25.5. The number of carbonyl (C=O) groups is 1. The van der Waals surface area contributed by atoms with Crippen molar-refractivity contribution in [3.8, 4) is 0 Å². The first-order chi connectivity index (χ1) is 34.5. The van der Waals surface area contributed by atoms with Crippen molar-refractivity contribution in [3.63, 3.8) is 0 Å². The molecule has 0 aromatic rings. The highest BCUT2D eigenvalue weighted by Crippen LogP contribution is 2.76. The second-order valence-electron chi connectivity index (χ2n) is 25.5. The number of aliphatic hydroxyl groups is 12. The number of fused-ring (bicyclic) bond motifs is 7. The zero-order valence-electron chi connectivity index (χ0n) is 43.7. The van der Waals surface area contributed by atoms with Gasteiger partial charge >= 0.3 is 5.97 Å². The lowest BCUT2D eigenvalue weighted by molar-refractivity contribution is -0.386. The zero-order chi connectivity index (χ0) is 54.2. The number of allylic oxidation sites excluding steroid dienone is 2. The third kappa shape index (κ3) is 8.88. The molecule has 0 bridgehead atoms. The van der Waals surface area contributed by atoms with Gasteiger partial charge in [0, 0.05) is 10.8 Å². The minimum Gasteiger partial charge on any atom is -0.479 e. The monoisotopic (exact) mass is 1060 g/mol. The maximum atomic E-state index is 12.5. The van der Waals surface area contributed by atoms with Gasteiger partial charge in [-0.25, -0.2) is 4.79 Å². The molecule has 4 saturated carbocycles. The van der Waals surface area contributed by atoms with Crippen molar-refractivity contribution in [1.82, 2.24) is 0 Å². The quantitative estimate of drug-likeness (QED) is 0.0901. The van der Waals surface area contributed by atoms with Gasteiger partial charge in [0.1, 0.15) is 73.2 Å². The molecule has 13 N–H and O–H groups in total. The third-order valence-electron chi connectivity index (χ3n) is 21.1. The summed E-state index contributed by atoms with van der Waals surface area (Å²) in [5, 5.41) is 141. The van der Waals surface area contributed by atoms with E-state index < -0.39 is 158 Å². The van der Waals surface area contributed by atoms with E-state index in [0.29, 0.717) is 25.7 Å². The van der Waals surface area contributed by atoms with E-state index in [-0.39, 0.29) is 47.2 Å². The standard InChI is InChI=1S/C52H84O22/c1-21-29(56)32(59)36(63)44(69-21)72-38-31(58)25(55)19-68-45(38)73-39-34(61)33(60)37(42(65)66)71-46(39)70-28-12-13-50(6)26(47(28,2)3)11-14-52(8)27(50)10-9-22-23-17-48(4,20-53)40(64)41(49(23,5)15-16-51(22,52)7)74-43-35(62)30(57)24(54)18-67-43/h9,21,23-41,43-46,53-64H,10-20H2,1-8H3,(H,65,66). The Morgan fingerprint density at radius 1 is 0.622 bits per heavy atom. The Kier molecular flexibility index (Phi) is 15.6. The lowest BCUT2D eigenvalue weighted by Gasteiger charge is -2.72. The summed E-state index contributed by atoms with van der Waals surface area (Å²) in [6.45, 7) is 15.7. The molecule has 9 aliphatic rings. The lowest BCUT2D eigenvalue weighted by atomic mass is 9.33. The van der Waals surface area contributed by atoms with Crippen LogP contribution in [0.5, 0.6) is 0 Å².